The fourth-order valence-corrected chi connectivity index (χ4v) is 2.86. The van der Waals surface area contributed by atoms with Gasteiger partial charge < -0.3 is 20.3 Å². The highest BCUT2D eigenvalue weighted by Crippen LogP contribution is 2.15. The molecule has 0 radical (unpaired) electrons. The van der Waals surface area contributed by atoms with E-state index in [4.69, 9.17) is 4.74 Å². The van der Waals surface area contributed by atoms with E-state index in [2.05, 4.69) is 22.5 Å². The van der Waals surface area contributed by atoms with Gasteiger partial charge in [-0.2, -0.15) is 0 Å². The molecule has 2 aliphatic heterocycles. The molecule has 5 heteroatoms. The van der Waals surface area contributed by atoms with Gasteiger partial charge in [-0.05, 0) is 57.7 Å². The molecular formula is C15H29N3O2. The molecule has 2 N–H and O–H groups in total. The van der Waals surface area contributed by atoms with Crippen molar-refractivity contribution in [3.63, 3.8) is 0 Å². The number of nitrogens with one attached hydrogen (secondary N) is 2. The number of carbonyl (C=O) groups is 1. The normalized spacial score (nSPS) is 24.8. The molecule has 0 bridgehead atoms. The minimum absolute atomic E-state index is 0.0623. The van der Waals surface area contributed by atoms with Crippen molar-refractivity contribution in [3.8, 4) is 0 Å². The van der Waals surface area contributed by atoms with Gasteiger partial charge in [-0.3, -0.25) is 0 Å². The fourth-order valence-electron chi connectivity index (χ4n) is 2.86. The number of rotatable bonds is 6. The Morgan fingerprint density at radius 1 is 1.25 bits per heavy atom. The van der Waals surface area contributed by atoms with Crippen LogP contribution in [-0.4, -0.2) is 56.4 Å². The van der Waals surface area contributed by atoms with Gasteiger partial charge >= 0.3 is 6.03 Å². The minimum Gasteiger partial charge on any atom is -0.376 e. The maximum absolute atomic E-state index is 11.6. The molecule has 2 rings (SSSR count). The number of piperidine rings is 1. The average molecular weight is 283 g/mol. The molecule has 0 aliphatic carbocycles. The van der Waals surface area contributed by atoms with Crippen LogP contribution in [0.3, 0.4) is 0 Å². The largest absolute Gasteiger partial charge is 0.376 e. The van der Waals surface area contributed by atoms with Crippen molar-refractivity contribution in [1.29, 1.82) is 0 Å². The van der Waals surface area contributed by atoms with Crippen LogP contribution in [0.2, 0.25) is 0 Å². The van der Waals surface area contributed by atoms with Crippen LogP contribution in [0.4, 0.5) is 4.79 Å². The van der Waals surface area contributed by atoms with Gasteiger partial charge in [0.15, 0.2) is 0 Å². The molecular weight excluding hydrogens is 254 g/mol. The van der Waals surface area contributed by atoms with Crippen LogP contribution in [-0.2, 0) is 4.74 Å². The number of ether oxygens (including phenoxy) is 1. The number of hydrogen-bond acceptors (Lipinski definition) is 3. The first-order valence-corrected chi connectivity index (χ1v) is 8.09. The fraction of sp³-hybridized carbons (Fsp3) is 0.933. The topological polar surface area (TPSA) is 53.6 Å². The molecule has 2 fully saturated rings. The Morgan fingerprint density at radius 2 is 2.05 bits per heavy atom. The third-order valence-corrected chi connectivity index (χ3v) is 4.33. The van der Waals surface area contributed by atoms with E-state index in [9.17, 15) is 4.79 Å². The van der Waals surface area contributed by atoms with Gasteiger partial charge in [-0.25, -0.2) is 4.79 Å². The number of likely N-dealkylation sites (tertiary alicyclic amines) is 1. The standard InChI is InChI=1S/C15H29N3O2/c1-13-5-9-18(10-6-13)8-3-7-16-15(19)17-12-14-4-2-11-20-14/h13-14H,2-12H2,1H3,(H2,16,17,19). The highest BCUT2D eigenvalue weighted by molar-refractivity contribution is 5.73. The molecule has 0 aromatic heterocycles. The van der Waals surface area contributed by atoms with E-state index in [1.54, 1.807) is 0 Å². The van der Waals surface area contributed by atoms with Gasteiger partial charge in [0, 0.05) is 19.7 Å². The van der Waals surface area contributed by atoms with Crippen LogP contribution < -0.4 is 10.6 Å². The molecule has 1 unspecified atom stereocenters. The quantitative estimate of drug-likeness (QED) is 0.728. The van der Waals surface area contributed by atoms with Gasteiger partial charge in [-0.15, -0.1) is 0 Å². The molecule has 0 spiro atoms. The Kier molecular flexibility index (Phi) is 6.60. The van der Waals surface area contributed by atoms with E-state index in [-0.39, 0.29) is 12.1 Å². The van der Waals surface area contributed by atoms with Crippen LogP contribution >= 0.6 is 0 Å². The zero-order valence-corrected chi connectivity index (χ0v) is 12.7. The number of hydrogen-bond donors (Lipinski definition) is 2. The van der Waals surface area contributed by atoms with E-state index in [1.165, 1.54) is 25.9 Å². The van der Waals surface area contributed by atoms with Crippen LogP contribution in [0.15, 0.2) is 0 Å². The summed E-state index contributed by atoms with van der Waals surface area (Å²) < 4.78 is 5.47. The van der Waals surface area contributed by atoms with Crippen molar-refractivity contribution in [2.24, 2.45) is 5.92 Å². The lowest BCUT2D eigenvalue weighted by Crippen LogP contribution is -2.41. The first-order valence-electron chi connectivity index (χ1n) is 8.09. The smallest absolute Gasteiger partial charge is 0.314 e. The number of nitrogens with zero attached hydrogens (tertiary/aromatic N) is 1. The molecule has 0 saturated carbocycles. The first kappa shape index (κ1) is 15.6. The SMILES string of the molecule is CC1CCN(CCCNC(=O)NCC2CCCO2)CC1. The molecule has 1 atom stereocenters. The second kappa shape index (κ2) is 8.47. The lowest BCUT2D eigenvalue weighted by atomic mass is 9.99. The van der Waals surface area contributed by atoms with Crippen LogP contribution in [0, 0.1) is 5.92 Å². The number of carbonyl (C=O) groups excluding carboxylic acids is 1. The second-order valence-corrected chi connectivity index (χ2v) is 6.15. The van der Waals surface area contributed by atoms with Crippen LogP contribution in [0.5, 0.6) is 0 Å². The summed E-state index contributed by atoms with van der Waals surface area (Å²) in [4.78, 5) is 14.1. The molecule has 116 valence electrons. The predicted molar refractivity (Wildman–Crippen MR) is 79.8 cm³/mol. The summed E-state index contributed by atoms with van der Waals surface area (Å²) in [5.41, 5.74) is 0. The Hall–Kier alpha value is -0.810. The van der Waals surface area contributed by atoms with Crippen molar-refractivity contribution in [1.82, 2.24) is 15.5 Å². The van der Waals surface area contributed by atoms with Crippen molar-refractivity contribution in [3.05, 3.63) is 0 Å². The highest BCUT2D eigenvalue weighted by Gasteiger charge is 2.16. The zero-order chi connectivity index (χ0) is 14.2. The van der Waals surface area contributed by atoms with Crippen molar-refractivity contribution in [2.45, 2.75) is 45.1 Å². The van der Waals surface area contributed by atoms with Gasteiger partial charge in [0.1, 0.15) is 0 Å². The lowest BCUT2D eigenvalue weighted by molar-refractivity contribution is 0.111. The van der Waals surface area contributed by atoms with Crippen molar-refractivity contribution in [2.75, 3.05) is 39.3 Å². The van der Waals surface area contributed by atoms with E-state index in [1.807, 2.05) is 0 Å². The molecule has 0 aromatic carbocycles. The number of amides is 2. The Labute approximate surface area is 122 Å². The summed E-state index contributed by atoms with van der Waals surface area (Å²) >= 11 is 0. The van der Waals surface area contributed by atoms with Gasteiger partial charge in [0.2, 0.25) is 0 Å². The second-order valence-electron chi connectivity index (χ2n) is 6.15. The third kappa shape index (κ3) is 5.67. The molecule has 5 nitrogen and oxygen atoms in total. The highest BCUT2D eigenvalue weighted by atomic mass is 16.5. The summed E-state index contributed by atoms with van der Waals surface area (Å²) in [6, 6.07) is -0.0623. The molecule has 2 aliphatic rings. The van der Waals surface area contributed by atoms with Crippen LogP contribution in [0.25, 0.3) is 0 Å². The summed E-state index contributed by atoms with van der Waals surface area (Å²) in [6.45, 7) is 8.08. The Bertz CT molecular complexity index is 285. The van der Waals surface area contributed by atoms with E-state index in [0.29, 0.717) is 6.54 Å². The Morgan fingerprint density at radius 3 is 2.75 bits per heavy atom. The zero-order valence-electron chi connectivity index (χ0n) is 12.7. The maximum atomic E-state index is 11.6. The summed E-state index contributed by atoms with van der Waals surface area (Å²) in [5.74, 6) is 0.882. The lowest BCUT2D eigenvalue weighted by Gasteiger charge is -2.30. The predicted octanol–water partition coefficient (Wildman–Crippen LogP) is 1.59. The molecule has 0 aromatic rings. The van der Waals surface area contributed by atoms with Gasteiger partial charge in [0.25, 0.3) is 0 Å². The Balaban J connectivity index is 1.44. The third-order valence-electron chi connectivity index (χ3n) is 4.33. The van der Waals surface area contributed by atoms with E-state index < -0.39 is 0 Å². The molecule has 20 heavy (non-hydrogen) atoms. The summed E-state index contributed by atoms with van der Waals surface area (Å²) in [5, 5.41) is 5.80. The molecule has 2 heterocycles. The first-order chi connectivity index (χ1) is 9.74. The number of urea groups is 1. The summed E-state index contributed by atoms with van der Waals surface area (Å²) in [7, 11) is 0. The monoisotopic (exact) mass is 283 g/mol. The average Bonchev–Trinajstić information content (AvgIpc) is 2.96. The molecule has 2 saturated heterocycles. The molecule has 2 amide bonds. The van der Waals surface area contributed by atoms with E-state index >= 15 is 0 Å². The van der Waals surface area contributed by atoms with Gasteiger partial charge in [0.05, 0.1) is 6.10 Å². The summed E-state index contributed by atoms with van der Waals surface area (Å²) in [6.07, 6.45) is 6.05. The van der Waals surface area contributed by atoms with Gasteiger partial charge in [-0.1, -0.05) is 6.92 Å². The maximum Gasteiger partial charge on any atom is 0.314 e. The van der Waals surface area contributed by atoms with E-state index in [0.717, 1.165) is 44.9 Å². The minimum atomic E-state index is -0.0623. The van der Waals surface area contributed by atoms with Crippen LogP contribution in [0.1, 0.15) is 39.0 Å². The van der Waals surface area contributed by atoms with Crippen molar-refractivity contribution < 1.29 is 9.53 Å². The van der Waals surface area contributed by atoms with Crippen molar-refractivity contribution >= 4 is 6.03 Å².